The van der Waals surface area contributed by atoms with Gasteiger partial charge in [-0.05, 0) is 31.9 Å². The summed E-state index contributed by atoms with van der Waals surface area (Å²) in [6.07, 6.45) is 2.46. The topological polar surface area (TPSA) is 41.7 Å². The Labute approximate surface area is 127 Å². The molecule has 2 atom stereocenters. The minimum absolute atomic E-state index is 0.153. The van der Waals surface area contributed by atoms with E-state index in [0.717, 1.165) is 52.2 Å². The summed E-state index contributed by atoms with van der Waals surface area (Å²) >= 11 is 0. The largest absolute Gasteiger partial charge is 0.378 e. The van der Waals surface area contributed by atoms with E-state index in [9.17, 15) is 0 Å². The van der Waals surface area contributed by atoms with Crippen LogP contribution in [-0.2, 0) is 4.74 Å². The van der Waals surface area contributed by atoms with Crippen LogP contribution in [0, 0.1) is 0 Å². The van der Waals surface area contributed by atoms with Gasteiger partial charge in [-0.15, -0.1) is 0 Å². The molecule has 3 rings (SSSR count). The van der Waals surface area contributed by atoms with Crippen LogP contribution in [0.25, 0.3) is 0 Å². The van der Waals surface area contributed by atoms with Crippen molar-refractivity contribution in [3.63, 3.8) is 0 Å². The van der Waals surface area contributed by atoms with Crippen LogP contribution in [0.2, 0.25) is 0 Å². The Balaban J connectivity index is 1.64. The Bertz CT molecular complexity index is 445. The minimum Gasteiger partial charge on any atom is -0.378 e. The lowest BCUT2D eigenvalue weighted by atomic mass is 9.84. The summed E-state index contributed by atoms with van der Waals surface area (Å²) in [6.45, 7) is 8.12. The maximum absolute atomic E-state index is 6.17. The van der Waals surface area contributed by atoms with Crippen LogP contribution in [0.3, 0.4) is 0 Å². The van der Waals surface area contributed by atoms with E-state index < -0.39 is 0 Å². The first kappa shape index (κ1) is 14.8. The Morgan fingerprint density at radius 3 is 2.52 bits per heavy atom. The second-order valence-electron chi connectivity index (χ2n) is 6.37. The molecule has 4 heteroatoms. The van der Waals surface area contributed by atoms with Gasteiger partial charge in [0.15, 0.2) is 0 Å². The summed E-state index contributed by atoms with van der Waals surface area (Å²) in [5.74, 6) is 0. The molecule has 2 saturated heterocycles. The van der Waals surface area contributed by atoms with E-state index in [2.05, 4.69) is 47.1 Å². The van der Waals surface area contributed by atoms with Crippen molar-refractivity contribution in [1.29, 1.82) is 0 Å². The van der Waals surface area contributed by atoms with Gasteiger partial charge in [-0.25, -0.2) is 0 Å². The van der Waals surface area contributed by atoms with E-state index in [4.69, 9.17) is 10.5 Å². The third-order valence-electron chi connectivity index (χ3n) is 5.09. The molecule has 2 aliphatic rings. The molecule has 0 bridgehead atoms. The summed E-state index contributed by atoms with van der Waals surface area (Å²) in [5, 5.41) is 0. The third kappa shape index (κ3) is 3.07. The number of para-hydroxylation sites is 1. The van der Waals surface area contributed by atoms with Crippen LogP contribution >= 0.6 is 0 Å². The molecule has 4 nitrogen and oxygen atoms in total. The van der Waals surface area contributed by atoms with Crippen LogP contribution in [0.4, 0.5) is 5.69 Å². The molecule has 0 saturated carbocycles. The van der Waals surface area contributed by atoms with Crippen LogP contribution < -0.4 is 10.6 Å². The number of nitrogens with zero attached hydrogens (tertiary/aromatic N) is 2. The first-order chi connectivity index (χ1) is 10.2. The molecule has 2 heterocycles. The van der Waals surface area contributed by atoms with Crippen LogP contribution in [0.5, 0.6) is 0 Å². The fourth-order valence-corrected chi connectivity index (χ4v) is 3.83. The van der Waals surface area contributed by atoms with Gasteiger partial charge in [-0.2, -0.15) is 0 Å². The van der Waals surface area contributed by atoms with Gasteiger partial charge in [0.05, 0.1) is 6.10 Å². The predicted octanol–water partition coefficient (Wildman–Crippen LogP) is 1.70. The van der Waals surface area contributed by atoms with Crippen molar-refractivity contribution in [2.75, 3.05) is 44.2 Å². The maximum atomic E-state index is 6.17. The van der Waals surface area contributed by atoms with E-state index in [1.54, 1.807) is 0 Å². The highest BCUT2D eigenvalue weighted by Gasteiger charge is 2.40. The molecule has 0 aromatic heterocycles. The molecule has 1 aromatic carbocycles. The smallest absolute Gasteiger partial charge is 0.0565 e. The average Bonchev–Trinajstić information content (AvgIpc) is 2.56. The molecular weight excluding hydrogens is 262 g/mol. The minimum atomic E-state index is 0.153. The number of rotatable bonds is 3. The Morgan fingerprint density at radius 2 is 1.90 bits per heavy atom. The standard InChI is InChI=1S/C17H27N3O/c1-15-13-17(14-18,7-12-21-15)20-10-8-19(9-11-20)16-5-3-2-4-6-16/h2-6,15H,7-14,18H2,1H3. The van der Waals surface area contributed by atoms with Gasteiger partial charge < -0.3 is 15.4 Å². The zero-order chi connectivity index (χ0) is 14.7. The Kier molecular flexibility index (Phi) is 4.48. The Hall–Kier alpha value is -1.10. The monoisotopic (exact) mass is 289 g/mol. The first-order valence-electron chi connectivity index (χ1n) is 8.10. The molecule has 116 valence electrons. The molecule has 2 unspecified atom stereocenters. The van der Waals surface area contributed by atoms with Gasteiger partial charge in [-0.3, -0.25) is 4.90 Å². The lowest BCUT2D eigenvalue weighted by molar-refractivity contribution is -0.0650. The Morgan fingerprint density at radius 1 is 1.19 bits per heavy atom. The zero-order valence-corrected chi connectivity index (χ0v) is 13.0. The average molecular weight is 289 g/mol. The molecule has 2 aliphatic heterocycles. The number of piperazine rings is 1. The van der Waals surface area contributed by atoms with Crippen LogP contribution in [0.1, 0.15) is 19.8 Å². The van der Waals surface area contributed by atoms with E-state index >= 15 is 0 Å². The normalized spacial score (nSPS) is 31.3. The van der Waals surface area contributed by atoms with Gasteiger partial charge in [0, 0.05) is 50.6 Å². The van der Waals surface area contributed by atoms with Crippen molar-refractivity contribution in [1.82, 2.24) is 4.90 Å². The lowest BCUT2D eigenvalue weighted by Gasteiger charge is -2.50. The van der Waals surface area contributed by atoms with E-state index in [1.807, 2.05) is 0 Å². The molecule has 1 aromatic rings. The highest BCUT2D eigenvalue weighted by molar-refractivity contribution is 5.46. The van der Waals surface area contributed by atoms with Gasteiger partial charge in [0.2, 0.25) is 0 Å². The predicted molar refractivity (Wildman–Crippen MR) is 86.7 cm³/mol. The molecule has 2 fully saturated rings. The second-order valence-corrected chi connectivity index (χ2v) is 6.37. The van der Waals surface area contributed by atoms with Crippen molar-refractivity contribution in [2.24, 2.45) is 5.73 Å². The number of hydrogen-bond donors (Lipinski definition) is 1. The fraction of sp³-hybridized carbons (Fsp3) is 0.647. The number of hydrogen-bond acceptors (Lipinski definition) is 4. The molecule has 0 spiro atoms. The molecule has 0 amide bonds. The van der Waals surface area contributed by atoms with E-state index in [-0.39, 0.29) is 5.54 Å². The molecule has 0 radical (unpaired) electrons. The molecule has 21 heavy (non-hydrogen) atoms. The number of ether oxygens (including phenoxy) is 1. The lowest BCUT2D eigenvalue weighted by Crippen LogP contribution is -2.63. The van der Waals surface area contributed by atoms with Gasteiger partial charge in [-0.1, -0.05) is 18.2 Å². The molecular formula is C17H27N3O. The SMILES string of the molecule is CC1CC(CN)(N2CCN(c3ccccc3)CC2)CCO1. The highest BCUT2D eigenvalue weighted by Crippen LogP contribution is 2.31. The third-order valence-corrected chi connectivity index (χ3v) is 5.09. The fourth-order valence-electron chi connectivity index (χ4n) is 3.83. The first-order valence-corrected chi connectivity index (χ1v) is 8.10. The molecule has 2 N–H and O–H groups in total. The molecule has 0 aliphatic carbocycles. The van der Waals surface area contributed by atoms with E-state index in [0.29, 0.717) is 6.10 Å². The van der Waals surface area contributed by atoms with Crippen LogP contribution in [-0.4, -0.2) is 55.9 Å². The van der Waals surface area contributed by atoms with Crippen molar-refractivity contribution in [3.05, 3.63) is 30.3 Å². The number of benzene rings is 1. The maximum Gasteiger partial charge on any atom is 0.0565 e. The van der Waals surface area contributed by atoms with Gasteiger partial charge >= 0.3 is 0 Å². The summed E-state index contributed by atoms with van der Waals surface area (Å²) in [5.41, 5.74) is 7.65. The van der Waals surface area contributed by atoms with E-state index in [1.165, 1.54) is 5.69 Å². The second kappa shape index (κ2) is 6.34. The van der Waals surface area contributed by atoms with Crippen molar-refractivity contribution >= 4 is 5.69 Å². The summed E-state index contributed by atoms with van der Waals surface area (Å²) in [6, 6.07) is 10.7. The number of anilines is 1. The van der Waals surface area contributed by atoms with Gasteiger partial charge in [0.25, 0.3) is 0 Å². The van der Waals surface area contributed by atoms with Crippen LogP contribution in [0.15, 0.2) is 30.3 Å². The van der Waals surface area contributed by atoms with Crippen molar-refractivity contribution in [2.45, 2.75) is 31.4 Å². The zero-order valence-electron chi connectivity index (χ0n) is 13.0. The quantitative estimate of drug-likeness (QED) is 0.920. The summed E-state index contributed by atoms with van der Waals surface area (Å²) < 4.78 is 5.72. The van der Waals surface area contributed by atoms with Crippen molar-refractivity contribution < 1.29 is 4.74 Å². The number of nitrogens with two attached hydrogens (primary N) is 1. The summed E-state index contributed by atoms with van der Waals surface area (Å²) in [7, 11) is 0. The van der Waals surface area contributed by atoms with Crippen molar-refractivity contribution in [3.8, 4) is 0 Å². The highest BCUT2D eigenvalue weighted by atomic mass is 16.5. The summed E-state index contributed by atoms with van der Waals surface area (Å²) in [4.78, 5) is 5.09. The van der Waals surface area contributed by atoms with Gasteiger partial charge in [0.1, 0.15) is 0 Å².